The number of hydrogen-bond acceptors (Lipinski definition) is 3. The number of carbonyl (C=O) groups excluding carboxylic acids is 1. The highest BCUT2D eigenvalue weighted by Gasteiger charge is 2.48. The van der Waals surface area contributed by atoms with Crippen molar-refractivity contribution < 1.29 is 14.3 Å². The number of anilines is 2. The van der Waals surface area contributed by atoms with Crippen molar-refractivity contribution in [2.24, 2.45) is 0 Å². The van der Waals surface area contributed by atoms with Crippen molar-refractivity contribution in [1.29, 1.82) is 0 Å². The average molecular weight is 485 g/mol. The van der Waals surface area contributed by atoms with Crippen LogP contribution in [0.5, 0.6) is 11.5 Å². The van der Waals surface area contributed by atoms with Crippen LogP contribution in [0.4, 0.5) is 16.2 Å². The minimum absolute atomic E-state index is 0.117. The predicted molar refractivity (Wildman–Crippen MR) is 140 cm³/mol. The van der Waals surface area contributed by atoms with Crippen molar-refractivity contribution in [3.63, 3.8) is 0 Å². The number of nitrogens with zero attached hydrogens (tertiary/aromatic N) is 2. The van der Waals surface area contributed by atoms with E-state index in [0.717, 1.165) is 34.0 Å². The quantitative estimate of drug-likeness (QED) is 0.288. The molecule has 2 atom stereocenters. The number of carbonyl (C=O) groups is 1. The fourth-order valence-corrected chi connectivity index (χ4v) is 4.76. The highest BCUT2D eigenvalue weighted by Crippen LogP contribution is 2.49. The fourth-order valence-electron chi connectivity index (χ4n) is 4.64. The number of benzene rings is 4. The maximum Gasteiger partial charge on any atom is 0.330 e. The third kappa shape index (κ3) is 4.31. The van der Waals surface area contributed by atoms with E-state index < -0.39 is 0 Å². The van der Waals surface area contributed by atoms with Gasteiger partial charge >= 0.3 is 6.03 Å². The molecule has 35 heavy (non-hydrogen) atoms. The smallest absolute Gasteiger partial charge is 0.330 e. The van der Waals surface area contributed by atoms with E-state index in [1.54, 1.807) is 14.2 Å². The molecular weight excluding hydrogens is 460 g/mol. The molecule has 1 aliphatic rings. The highest BCUT2D eigenvalue weighted by atomic mass is 35.5. The molecule has 1 heterocycles. The van der Waals surface area contributed by atoms with E-state index in [0.29, 0.717) is 5.02 Å². The van der Waals surface area contributed by atoms with E-state index >= 15 is 0 Å². The normalized spacial score (nSPS) is 17.5. The number of halogens is 1. The van der Waals surface area contributed by atoms with Gasteiger partial charge in [-0.05, 0) is 71.8 Å². The maximum atomic E-state index is 14.2. The Kier molecular flexibility index (Phi) is 6.34. The molecule has 0 aromatic heterocycles. The molecule has 1 aliphatic heterocycles. The van der Waals surface area contributed by atoms with Crippen LogP contribution >= 0.6 is 11.6 Å². The number of methoxy groups -OCH3 is 2. The molecule has 0 unspecified atom stereocenters. The number of amides is 2. The summed E-state index contributed by atoms with van der Waals surface area (Å²) in [6.07, 6.45) is 0. The molecule has 0 radical (unpaired) electrons. The fraction of sp³-hybridized carbons (Fsp3) is 0.138. The van der Waals surface area contributed by atoms with Crippen LogP contribution in [-0.2, 0) is 0 Å². The Morgan fingerprint density at radius 1 is 0.600 bits per heavy atom. The SMILES string of the molecule is COc1ccc(N2C(=O)N(c3ccc(OC)cc3)[C@@H](c3ccc(Cl)cc3)[C@@H]2c2ccccc2)cc1. The van der Waals surface area contributed by atoms with E-state index in [2.05, 4.69) is 12.1 Å². The van der Waals surface area contributed by atoms with Crippen LogP contribution in [0.15, 0.2) is 103 Å². The van der Waals surface area contributed by atoms with Crippen molar-refractivity contribution in [3.8, 4) is 11.5 Å². The summed E-state index contributed by atoms with van der Waals surface area (Å²) in [5, 5.41) is 0.650. The van der Waals surface area contributed by atoms with Crippen LogP contribution in [0.25, 0.3) is 0 Å². The molecule has 2 amide bonds. The molecule has 0 aliphatic carbocycles. The van der Waals surface area contributed by atoms with Crippen LogP contribution in [-0.4, -0.2) is 20.3 Å². The number of urea groups is 1. The van der Waals surface area contributed by atoms with Gasteiger partial charge in [0.2, 0.25) is 0 Å². The summed E-state index contributed by atoms with van der Waals surface area (Å²) in [5.74, 6) is 1.47. The number of hydrogen-bond donors (Lipinski definition) is 0. The second-order valence-corrected chi connectivity index (χ2v) is 8.71. The molecule has 0 N–H and O–H groups in total. The van der Waals surface area contributed by atoms with Gasteiger partial charge in [0.1, 0.15) is 11.5 Å². The average Bonchev–Trinajstić information content (AvgIpc) is 3.22. The topological polar surface area (TPSA) is 42.0 Å². The van der Waals surface area contributed by atoms with Gasteiger partial charge in [0, 0.05) is 16.4 Å². The van der Waals surface area contributed by atoms with Gasteiger partial charge in [0.25, 0.3) is 0 Å². The molecule has 6 heteroatoms. The molecule has 176 valence electrons. The molecule has 4 aromatic rings. The van der Waals surface area contributed by atoms with Crippen LogP contribution in [0.1, 0.15) is 23.2 Å². The molecule has 4 aromatic carbocycles. The van der Waals surface area contributed by atoms with Crippen molar-refractivity contribution >= 4 is 29.0 Å². The molecule has 1 saturated heterocycles. The monoisotopic (exact) mass is 484 g/mol. The van der Waals surface area contributed by atoms with Crippen molar-refractivity contribution in [3.05, 3.63) is 119 Å². The Bertz CT molecular complexity index is 1290. The zero-order valence-electron chi connectivity index (χ0n) is 19.5. The largest absolute Gasteiger partial charge is 0.497 e. The summed E-state index contributed by atoms with van der Waals surface area (Å²) < 4.78 is 10.7. The van der Waals surface area contributed by atoms with Crippen LogP contribution in [0.2, 0.25) is 5.02 Å². The molecule has 1 fully saturated rings. The second kappa shape index (κ2) is 9.72. The lowest BCUT2D eigenvalue weighted by Gasteiger charge is -2.29. The zero-order valence-corrected chi connectivity index (χ0v) is 20.2. The number of ether oxygens (including phenoxy) is 2. The van der Waals surface area contributed by atoms with Gasteiger partial charge < -0.3 is 9.47 Å². The van der Waals surface area contributed by atoms with Crippen molar-refractivity contribution in [1.82, 2.24) is 0 Å². The van der Waals surface area contributed by atoms with Crippen LogP contribution in [0, 0.1) is 0 Å². The highest BCUT2D eigenvalue weighted by molar-refractivity contribution is 6.30. The maximum absolute atomic E-state index is 14.2. The summed E-state index contributed by atoms with van der Waals surface area (Å²) in [6.45, 7) is 0. The first-order valence-electron chi connectivity index (χ1n) is 11.3. The first-order chi connectivity index (χ1) is 17.1. The van der Waals surface area contributed by atoms with E-state index in [9.17, 15) is 4.79 Å². The second-order valence-electron chi connectivity index (χ2n) is 8.27. The van der Waals surface area contributed by atoms with Crippen molar-refractivity contribution in [2.75, 3.05) is 24.0 Å². The van der Waals surface area contributed by atoms with Crippen LogP contribution in [0.3, 0.4) is 0 Å². The lowest BCUT2D eigenvalue weighted by atomic mass is 9.92. The van der Waals surface area contributed by atoms with Gasteiger partial charge in [-0.1, -0.05) is 54.1 Å². The Morgan fingerprint density at radius 3 is 1.46 bits per heavy atom. The summed E-state index contributed by atoms with van der Waals surface area (Å²) >= 11 is 6.22. The van der Waals surface area contributed by atoms with E-state index in [4.69, 9.17) is 21.1 Å². The molecule has 0 spiro atoms. The predicted octanol–water partition coefficient (Wildman–Crippen LogP) is 7.29. The minimum atomic E-state index is -0.294. The lowest BCUT2D eigenvalue weighted by Crippen LogP contribution is -2.32. The number of rotatable bonds is 6. The Hall–Kier alpha value is -3.96. The van der Waals surface area contributed by atoms with Gasteiger partial charge in [0.05, 0.1) is 26.3 Å². The summed E-state index contributed by atoms with van der Waals surface area (Å²) in [7, 11) is 3.26. The lowest BCUT2D eigenvalue weighted by molar-refractivity contribution is 0.255. The summed E-state index contributed by atoms with van der Waals surface area (Å²) in [4.78, 5) is 17.9. The Balaban J connectivity index is 1.71. The molecule has 0 saturated carbocycles. The van der Waals surface area contributed by atoms with Crippen molar-refractivity contribution in [2.45, 2.75) is 12.1 Å². The summed E-state index contributed by atoms with van der Waals surface area (Å²) in [6, 6.07) is 32.3. The van der Waals surface area contributed by atoms with E-state index in [1.165, 1.54) is 0 Å². The minimum Gasteiger partial charge on any atom is -0.497 e. The Labute approximate surface area is 210 Å². The molecule has 0 bridgehead atoms. The molecule has 5 nitrogen and oxygen atoms in total. The van der Waals surface area contributed by atoms with Gasteiger partial charge in [-0.15, -0.1) is 0 Å². The van der Waals surface area contributed by atoms with E-state index in [1.807, 2.05) is 101 Å². The van der Waals surface area contributed by atoms with Gasteiger partial charge in [-0.3, -0.25) is 9.80 Å². The third-order valence-corrected chi connectivity index (χ3v) is 6.57. The van der Waals surface area contributed by atoms with Crippen LogP contribution < -0.4 is 19.3 Å². The summed E-state index contributed by atoms with van der Waals surface area (Å²) in [5.41, 5.74) is 3.60. The zero-order chi connectivity index (χ0) is 24.4. The first-order valence-corrected chi connectivity index (χ1v) is 11.7. The van der Waals surface area contributed by atoms with E-state index in [-0.39, 0.29) is 18.1 Å². The van der Waals surface area contributed by atoms with Gasteiger partial charge in [-0.2, -0.15) is 0 Å². The Morgan fingerprint density at radius 2 is 1.03 bits per heavy atom. The standard InChI is InChI=1S/C29H25ClN2O3/c1-34-25-16-12-23(13-17-25)31-27(20-6-4-3-5-7-20)28(21-8-10-22(30)11-9-21)32(29(31)33)24-14-18-26(35-2)19-15-24/h3-19,27-28H,1-2H3/t27-,28-/m0/s1. The van der Waals surface area contributed by atoms with Gasteiger partial charge in [0.15, 0.2) is 0 Å². The molecular formula is C29H25ClN2O3. The molecule has 5 rings (SSSR count). The van der Waals surface area contributed by atoms with Gasteiger partial charge in [-0.25, -0.2) is 4.79 Å². The third-order valence-electron chi connectivity index (χ3n) is 6.32. The first kappa shape index (κ1) is 22.8.